The summed E-state index contributed by atoms with van der Waals surface area (Å²) in [6.45, 7) is 3.39. The molecule has 98 valence electrons. The number of fused-ring (bicyclic) bond motifs is 1. The maximum Gasteiger partial charge on any atom is 0.309 e. The number of aliphatic carboxylic acids is 1. The summed E-state index contributed by atoms with van der Waals surface area (Å²) < 4.78 is 10.4. The fourth-order valence-corrected chi connectivity index (χ4v) is 2.23. The second-order valence-corrected chi connectivity index (χ2v) is 4.51. The summed E-state index contributed by atoms with van der Waals surface area (Å²) in [5.41, 5.74) is -0.928. The highest BCUT2D eigenvalue weighted by Gasteiger charge is 2.38. The van der Waals surface area contributed by atoms with Crippen LogP contribution in [0.3, 0.4) is 0 Å². The van der Waals surface area contributed by atoms with Gasteiger partial charge in [0.25, 0.3) is 0 Å². The van der Waals surface area contributed by atoms with E-state index in [2.05, 4.69) is 0 Å². The molecule has 0 aromatic heterocycles. The predicted molar refractivity (Wildman–Crippen MR) is 63.6 cm³/mol. The first kappa shape index (κ1) is 12.7. The molecule has 2 atom stereocenters. The van der Waals surface area contributed by atoms with Gasteiger partial charge in [-0.15, -0.1) is 0 Å². The third-order valence-electron chi connectivity index (χ3n) is 3.34. The Morgan fingerprint density at radius 3 is 2.72 bits per heavy atom. The number of carboxylic acids is 1. The largest absolute Gasteiger partial charge is 0.481 e. The number of carboxylic acid groups (broad SMARTS) is 1. The summed E-state index contributed by atoms with van der Waals surface area (Å²) in [7, 11) is 0. The van der Waals surface area contributed by atoms with Crippen LogP contribution in [0.4, 0.5) is 0 Å². The average molecular weight is 252 g/mol. The van der Waals surface area contributed by atoms with Gasteiger partial charge in [-0.25, -0.2) is 0 Å². The zero-order valence-electron chi connectivity index (χ0n) is 10.3. The first-order chi connectivity index (χ1) is 8.46. The number of hydrogen-bond donors (Lipinski definition) is 2. The second-order valence-electron chi connectivity index (χ2n) is 4.51. The van der Waals surface area contributed by atoms with Crippen molar-refractivity contribution in [3.05, 3.63) is 23.8 Å². The van der Waals surface area contributed by atoms with Crippen molar-refractivity contribution >= 4 is 5.97 Å². The molecule has 0 aliphatic carbocycles. The van der Waals surface area contributed by atoms with Crippen LogP contribution < -0.4 is 9.47 Å². The van der Waals surface area contributed by atoms with Crippen molar-refractivity contribution in [3.63, 3.8) is 0 Å². The molecular formula is C13H16O5. The third kappa shape index (κ3) is 2.01. The Labute approximate surface area is 105 Å². The van der Waals surface area contributed by atoms with E-state index in [1.165, 1.54) is 6.92 Å². The first-order valence-electron chi connectivity index (χ1n) is 5.82. The Bertz CT molecular complexity index is 466. The molecule has 1 heterocycles. The van der Waals surface area contributed by atoms with Crippen LogP contribution in [0.1, 0.15) is 25.8 Å². The number of benzene rings is 1. The molecule has 0 bridgehead atoms. The minimum absolute atomic E-state index is 0.150. The normalized spacial score (nSPS) is 18.2. The van der Waals surface area contributed by atoms with Crippen LogP contribution in [0, 0.1) is 5.92 Å². The standard InChI is InChI=1S/C13H16O5/c1-3-9(12(14)15)13(2,16)8-4-5-10-11(6-8)18-7-17-10/h4-6,9,16H,3,7H2,1-2H3,(H,14,15). The first-order valence-corrected chi connectivity index (χ1v) is 5.82. The van der Waals surface area contributed by atoms with Crippen LogP contribution in [0.25, 0.3) is 0 Å². The number of ether oxygens (including phenoxy) is 2. The Balaban J connectivity index is 2.37. The second kappa shape index (κ2) is 4.49. The molecule has 0 fully saturated rings. The summed E-state index contributed by atoms with van der Waals surface area (Å²) >= 11 is 0. The molecule has 2 unspecified atom stereocenters. The van der Waals surface area contributed by atoms with E-state index in [1.54, 1.807) is 25.1 Å². The topological polar surface area (TPSA) is 76.0 Å². The molecule has 0 radical (unpaired) electrons. The van der Waals surface area contributed by atoms with Gasteiger partial charge >= 0.3 is 5.97 Å². The highest BCUT2D eigenvalue weighted by atomic mass is 16.7. The molecule has 1 aromatic carbocycles. The summed E-state index contributed by atoms with van der Waals surface area (Å²) in [4.78, 5) is 11.2. The fraction of sp³-hybridized carbons (Fsp3) is 0.462. The third-order valence-corrected chi connectivity index (χ3v) is 3.34. The van der Waals surface area contributed by atoms with Crippen molar-refractivity contribution in [2.24, 2.45) is 5.92 Å². The maximum atomic E-state index is 11.2. The Hall–Kier alpha value is -1.75. The van der Waals surface area contributed by atoms with Crippen LogP contribution >= 0.6 is 0 Å². The lowest BCUT2D eigenvalue weighted by molar-refractivity contribution is -0.152. The van der Waals surface area contributed by atoms with Crippen LogP contribution in [-0.4, -0.2) is 23.0 Å². The molecule has 1 aliphatic rings. The van der Waals surface area contributed by atoms with Gasteiger partial charge in [-0.2, -0.15) is 0 Å². The van der Waals surface area contributed by atoms with E-state index in [0.29, 0.717) is 23.5 Å². The van der Waals surface area contributed by atoms with Gasteiger partial charge in [0.1, 0.15) is 5.60 Å². The van der Waals surface area contributed by atoms with Crippen molar-refractivity contribution < 1.29 is 24.5 Å². The Morgan fingerprint density at radius 2 is 2.11 bits per heavy atom. The average Bonchev–Trinajstić information content (AvgIpc) is 2.75. The highest BCUT2D eigenvalue weighted by molar-refractivity contribution is 5.72. The Morgan fingerprint density at radius 1 is 1.44 bits per heavy atom. The van der Waals surface area contributed by atoms with Crippen LogP contribution in [0.15, 0.2) is 18.2 Å². The van der Waals surface area contributed by atoms with Crippen molar-refractivity contribution in [3.8, 4) is 11.5 Å². The smallest absolute Gasteiger partial charge is 0.309 e. The molecule has 5 nitrogen and oxygen atoms in total. The zero-order chi connectivity index (χ0) is 13.3. The molecular weight excluding hydrogens is 236 g/mol. The summed E-state index contributed by atoms with van der Waals surface area (Å²) in [5, 5.41) is 19.6. The van der Waals surface area contributed by atoms with Gasteiger partial charge in [0, 0.05) is 0 Å². The monoisotopic (exact) mass is 252 g/mol. The van der Waals surface area contributed by atoms with Gasteiger partial charge in [-0.3, -0.25) is 4.79 Å². The lowest BCUT2D eigenvalue weighted by Gasteiger charge is -2.29. The maximum absolute atomic E-state index is 11.2. The summed E-state index contributed by atoms with van der Waals surface area (Å²) in [5.74, 6) is -0.732. The van der Waals surface area contributed by atoms with Crippen LogP contribution in [0.2, 0.25) is 0 Å². The molecule has 1 aromatic rings. The quantitative estimate of drug-likeness (QED) is 0.853. The van der Waals surface area contributed by atoms with Crippen molar-refractivity contribution in [1.29, 1.82) is 0 Å². The lowest BCUT2D eigenvalue weighted by Crippen LogP contribution is -2.36. The molecule has 0 saturated carbocycles. The van der Waals surface area contributed by atoms with Crippen molar-refractivity contribution in [2.45, 2.75) is 25.9 Å². The van der Waals surface area contributed by atoms with Gasteiger partial charge in [-0.05, 0) is 31.0 Å². The molecule has 2 rings (SSSR count). The minimum Gasteiger partial charge on any atom is -0.481 e. The molecule has 18 heavy (non-hydrogen) atoms. The molecule has 2 N–H and O–H groups in total. The number of carbonyl (C=O) groups is 1. The van der Waals surface area contributed by atoms with E-state index in [9.17, 15) is 9.90 Å². The van der Waals surface area contributed by atoms with Crippen molar-refractivity contribution in [1.82, 2.24) is 0 Å². The molecule has 0 saturated heterocycles. The summed E-state index contributed by atoms with van der Waals surface area (Å²) in [6, 6.07) is 4.98. The van der Waals surface area contributed by atoms with E-state index in [4.69, 9.17) is 14.6 Å². The lowest BCUT2D eigenvalue weighted by atomic mass is 9.81. The van der Waals surface area contributed by atoms with E-state index >= 15 is 0 Å². The van der Waals surface area contributed by atoms with Crippen molar-refractivity contribution in [2.75, 3.05) is 6.79 Å². The van der Waals surface area contributed by atoms with Crippen LogP contribution in [-0.2, 0) is 10.4 Å². The van der Waals surface area contributed by atoms with Gasteiger partial charge < -0.3 is 19.7 Å². The van der Waals surface area contributed by atoms with E-state index in [1.807, 2.05) is 0 Å². The number of aliphatic hydroxyl groups is 1. The number of rotatable bonds is 4. The van der Waals surface area contributed by atoms with Gasteiger partial charge in [0.05, 0.1) is 5.92 Å². The van der Waals surface area contributed by atoms with Gasteiger partial charge in [-0.1, -0.05) is 13.0 Å². The number of hydrogen-bond acceptors (Lipinski definition) is 4. The van der Waals surface area contributed by atoms with Gasteiger partial charge in [0.15, 0.2) is 11.5 Å². The Kier molecular flexibility index (Phi) is 3.17. The fourth-order valence-electron chi connectivity index (χ4n) is 2.23. The van der Waals surface area contributed by atoms with Gasteiger partial charge in [0.2, 0.25) is 6.79 Å². The minimum atomic E-state index is -1.44. The van der Waals surface area contributed by atoms with E-state index < -0.39 is 17.5 Å². The van der Waals surface area contributed by atoms with E-state index in [-0.39, 0.29) is 6.79 Å². The predicted octanol–water partition coefficient (Wildman–Crippen LogP) is 1.73. The zero-order valence-corrected chi connectivity index (χ0v) is 10.3. The van der Waals surface area contributed by atoms with E-state index in [0.717, 1.165) is 0 Å². The summed E-state index contributed by atoms with van der Waals surface area (Å²) in [6.07, 6.45) is 0.344. The molecule has 0 spiro atoms. The molecule has 1 aliphatic heterocycles. The SMILES string of the molecule is CCC(C(=O)O)C(C)(O)c1ccc2c(c1)OCO2. The molecule has 0 amide bonds. The highest BCUT2D eigenvalue weighted by Crippen LogP contribution is 2.39. The van der Waals surface area contributed by atoms with Crippen LogP contribution in [0.5, 0.6) is 11.5 Å². The molecule has 5 heteroatoms.